The summed E-state index contributed by atoms with van der Waals surface area (Å²) in [4.78, 5) is 167. The number of carbonyl (C=O) groups excluding carboxylic acids is 11. The van der Waals surface area contributed by atoms with E-state index in [1.807, 2.05) is 0 Å². The number of hydrogen-bond donors (Lipinski definition) is 16. The Morgan fingerprint density at radius 1 is 0.472 bits per heavy atom. The highest BCUT2D eigenvalue weighted by Gasteiger charge is 2.37. The Hall–Kier alpha value is -6.62. The molecule has 18 N–H and O–H groups in total. The van der Waals surface area contributed by atoms with Crippen molar-refractivity contribution >= 4 is 89.5 Å². The van der Waals surface area contributed by atoms with E-state index in [1.54, 1.807) is 27.7 Å². The van der Waals surface area contributed by atoms with Gasteiger partial charge in [0.15, 0.2) is 0 Å². The third-order valence-corrected chi connectivity index (χ3v) is 11.4. The number of rotatable bonds is 33. The molecule has 0 unspecified atom stereocenters. The molecule has 0 bridgehead atoms. The van der Waals surface area contributed by atoms with Crippen LogP contribution in [0.1, 0.15) is 94.4 Å². The van der Waals surface area contributed by atoms with Gasteiger partial charge < -0.3 is 80.4 Å². The van der Waals surface area contributed by atoms with Crippen LogP contribution in [0.4, 0.5) is 0 Å². The molecule has 29 heteroatoms. The highest BCUT2D eigenvalue weighted by atomic mass is 32.1. The minimum atomic E-state index is -2.00. The van der Waals surface area contributed by atoms with Gasteiger partial charge in [0.25, 0.3) is 0 Å². The molecule has 72 heavy (non-hydrogen) atoms. The molecule has 0 aliphatic rings. The summed E-state index contributed by atoms with van der Waals surface area (Å²) in [6.45, 7) is 12.8. The average Bonchev–Trinajstić information content (AvgIpc) is 3.28. The molecular weight excluding hydrogens is 973 g/mol. The number of thiol groups is 1. The lowest BCUT2D eigenvalue weighted by Crippen LogP contribution is -2.62. The molecule has 11 amide bonds. The summed E-state index contributed by atoms with van der Waals surface area (Å²) in [6.07, 6.45) is -2.40. The zero-order valence-corrected chi connectivity index (χ0v) is 42.8. The first-order chi connectivity index (χ1) is 33.3. The Balaban J connectivity index is 6.24. The van der Waals surface area contributed by atoms with E-state index >= 15 is 0 Å². The molecule has 28 nitrogen and oxygen atoms in total. The molecule has 0 heterocycles. The predicted octanol–water partition coefficient (Wildman–Crippen LogP) is -5.67. The van der Waals surface area contributed by atoms with Crippen molar-refractivity contribution in [2.75, 3.05) is 12.4 Å². The van der Waals surface area contributed by atoms with Crippen molar-refractivity contribution in [3.63, 3.8) is 0 Å². The van der Waals surface area contributed by atoms with E-state index in [-0.39, 0.29) is 18.8 Å². The molecule has 0 aliphatic heterocycles. The summed E-state index contributed by atoms with van der Waals surface area (Å²) in [5.74, 6) is -16.9. The van der Waals surface area contributed by atoms with Gasteiger partial charge in [0, 0.05) is 12.2 Å². The second-order valence-corrected chi connectivity index (χ2v) is 18.5. The van der Waals surface area contributed by atoms with Gasteiger partial charge in [-0.3, -0.25) is 57.5 Å². The quantitative estimate of drug-likeness (QED) is 0.0272. The Labute approximate surface area is 422 Å². The first-order valence-electron chi connectivity index (χ1n) is 23.0. The number of hydrogen-bond acceptors (Lipinski definition) is 16. The van der Waals surface area contributed by atoms with Gasteiger partial charge in [-0.2, -0.15) is 12.6 Å². The molecule has 0 rings (SSSR count). The summed E-state index contributed by atoms with van der Waals surface area (Å²) >= 11 is 4.10. The number of carbonyl (C=O) groups is 13. The molecule has 0 aromatic rings. The van der Waals surface area contributed by atoms with Crippen LogP contribution in [0, 0.1) is 23.7 Å². The van der Waals surface area contributed by atoms with Crippen LogP contribution in [0.5, 0.6) is 0 Å². The van der Waals surface area contributed by atoms with Gasteiger partial charge in [-0.25, -0.2) is 4.79 Å². The number of primary amides is 2. The Morgan fingerprint density at radius 3 is 1.33 bits per heavy atom. The number of carboxylic acid groups (broad SMARTS) is 2. The van der Waals surface area contributed by atoms with Crippen molar-refractivity contribution in [1.82, 2.24) is 47.9 Å². The normalized spacial score (nSPS) is 15.8. The van der Waals surface area contributed by atoms with E-state index in [9.17, 15) is 77.6 Å². The first kappa shape index (κ1) is 65.4. The smallest absolute Gasteiger partial charge is 0.326 e. The Kier molecular flexibility index (Phi) is 28.7. The van der Waals surface area contributed by atoms with Gasteiger partial charge in [0.1, 0.15) is 54.4 Å². The topological polar surface area (TPSA) is 469 Å². The zero-order valence-electron chi connectivity index (χ0n) is 41.9. The standard InChI is InChI=1S/C43H74N12O16S/c1-10-20(8)33(55-40(67)30(46)17(2)3)42(69)51-25(15-56)38(65)49-23(13-28(45)58)36(63)50-24(14-29(59)60)37(64)53-31(18(4)5)41(68)52-26(16-72)39(66)47-21(9)34(61)48-22(11-12-27(44)57)35(62)54-32(19(6)7)43(70)71/h17-26,30-33,56,72H,10-16,46H2,1-9H3,(H2,44,57)(H2,45,58)(H,47,66)(H,48,61)(H,49,65)(H,50,63)(H,51,69)(H,52,68)(H,53,64)(H,54,62)(H,55,67)(H,59,60)(H,70,71)/t20-,21-,22-,23-,24-,25-,26-,30-,31-,32-,33-/m0/s1. The number of nitrogens with one attached hydrogen (secondary N) is 9. The molecule has 408 valence electrons. The molecule has 0 saturated heterocycles. The number of carboxylic acids is 2. The van der Waals surface area contributed by atoms with Gasteiger partial charge in [-0.05, 0) is 37.0 Å². The van der Waals surface area contributed by atoms with Gasteiger partial charge in [-0.15, -0.1) is 0 Å². The number of aliphatic hydroxyl groups is 1. The summed E-state index contributed by atoms with van der Waals surface area (Å²) in [5, 5.41) is 49.8. The fourth-order valence-electron chi connectivity index (χ4n) is 6.29. The van der Waals surface area contributed by atoms with Crippen LogP contribution in [0.25, 0.3) is 0 Å². The fraction of sp³-hybridized carbons (Fsp3) is 0.698. The van der Waals surface area contributed by atoms with Crippen molar-refractivity contribution in [2.24, 2.45) is 40.9 Å². The molecule has 0 saturated carbocycles. The van der Waals surface area contributed by atoms with Gasteiger partial charge >= 0.3 is 11.9 Å². The summed E-state index contributed by atoms with van der Waals surface area (Å²) < 4.78 is 0. The molecule has 0 aromatic carbocycles. The Morgan fingerprint density at radius 2 is 0.889 bits per heavy atom. The van der Waals surface area contributed by atoms with E-state index in [0.29, 0.717) is 6.42 Å². The van der Waals surface area contributed by atoms with E-state index in [1.165, 1.54) is 34.6 Å². The maximum Gasteiger partial charge on any atom is 0.326 e. The van der Waals surface area contributed by atoms with Crippen LogP contribution in [-0.4, -0.2) is 165 Å². The lowest BCUT2D eigenvalue weighted by Gasteiger charge is -2.29. The van der Waals surface area contributed by atoms with Crippen LogP contribution in [0.15, 0.2) is 0 Å². The maximum absolute atomic E-state index is 13.6. The van der Waals surface area contributed by atoms with E-state index in [0.717, 1.165) is 0 Å². The number of aliphatic carboxylic acids is 2. The molecule has 11 atom stereocenters. The third-order valence-electron chi connectivity index (χ3n) is 11.0. The third kappa shape index (κ3) is 22.6. The van der Waals surface area contributed by atoms with Crippen LogP contribution in [-0.2, 0) is 62.3 Å². The molecule has 0 aliphatic carbocycles. The highest BCUT2D eigenvalue weighted by Crippen LogP contribution is 2.12. The van der Waals surface area contributed by atoms with Crippen LogP contribution in [0.2, 0.25) is 0 Å². The molecule has 0 spiro atoms. The first-order valence-corrected chi connectivity index (χ1v) is 23.7. The SMILES string of the molecule is CC[C@H](C)[C@H](NC(=O)[C@@H](N)C(C)C)C(=O)N[C@@H](CO)C(=O)N[C@@H](CC(N)=O)C(=O)N[C@@H](CC(=O)O)C(=O)N[C@H](C(=O)N[C@@H](CS)C(=O)N[C@@H](C)C(=O)N[C@@H](CCC(N)=O)C(=O)N[C@H](C(=O)O)C(C)C)C(C)C. The largest absolute Gasteiger partial charge is 0.481 e. The van der Waals surface area contributed by atoms with E-state index in [4.69, 9.17) is 17.2 Å². The minimum Gasteiger partial charge on any atom is -0.481 e. The molecule has 0 aromatic heterocycles. The van der Waals surface area contributed by atoms with Gasteiger partial charge in [0.2, 0.25) is 65.0 Å². The van der Waals surface area contributed by atoms with Crippen LogP contribution < -0.4 is 65.1 Å². The minimum absolute atomic E-state index is 0.299. The maximum atomic E-state index is 13.6. The number of nitrogens with two attached hydrogens (primary N) is 3. The second kappa shape index (κ2) is 31.7. The molecular formula is C43H74N12O16S. The van der Waals surface area contributed by atoms with Crippen molar-refractivity contribution in [3.05, 3.63) is 0 Å². The lowest BCUT2D eigenvalue weighted by molar-refractivity contribution is -0.143. The van der Waals surface area contributed by atoms with Gasteiger partial charge in [0.05, 0.1) is 25.5 Å². The van der Waals surface area contributed by atoms with Crippen molar-refractivity contribution in [2.45, 2.75) is 155 Å². The zero-order chi connectivity index (χ0) is 55.9. The summed E-state index contributed by atoms with van der Waals surface area (Å²) in [7, 11) is 0. The van der Waals surface area contributed by atoms with Gasteiger partial charge in [-0.1, -0.05) is 61.8 Å². The second-order valence-electron chi connectivity index (χ2n) is 18.1. The monoisotopic (exact) mass is 1050 g/mol. The van der Waals surface area contributed by atoms with Crippen LogP contribution in [0.3, 0.4) is 0 Å². The summed E-state index contributed by atoms with van der Waals surface area (Å²) in [6, 6.07) is -15.2. The molecule has 0 fully saturated rings. The molecule has 0 radical (unpaired) electrons. The lowest BCUT2D eigenvalue weighted by atomic mass is 9.96. The van der Waals surface area contributed by atoms with Crippen LogP contribution >= 0.6 is 12.6 Å². The fourth-order valence-corrected chi connectivity index (χ4v) is 6.55. The van der Waals surface area contributed by atoms with E-state index < -0.39 is 180 Å². The van der Waals surface area contributed by atoms with Crippen molar-refractivity contribution in [1.29, 1.82) is 0 Å². The van der Waals surface area contributed by atoms with Crippen molar-refractivity contribution < 1.29 is 77.6 Å². The highest BCUT2D eigenvalue weighted by molar-refractivity contribution is 7.80. The number of aliphatic hydroxyl groups excluding tert-OH is 1. The van der Waals surface area contributed by atoms with Crippen molar-refractivity contribution in [3.8, 4) is 0 Å². The van der Waals surface area contributed by atoms with E-state index in [2.05, 4.69) is 60.5 Å². The average molecular weight is 1050 g/mol. The predicted molar refractivity (Wildman–Crippen MR) is 258 cm³/mol. The summed E-state index contributed by atoms with van der Waals surface area (Å²) in [5.41, 5.74) is 16.5. The number of amides is 11. The Bertz CT molecular complexity index is 1970.